The molecule has 0 aliphatic heterocycles. The summed E-state index contributed by atoms with van der Waals surface area (Å²) in [6, 6.07) is 0. The lowest BCUT2D eigenvalue weighted by Crippen LogP contribution is -2.27. The monoisotopic (exact) mass is 803 g/mol. The molecule has 0 saturated carbocycles. The maximum absolute atomic E-state index is 12.3. The molecular formula is C53H102O4. The van der Waals surface area contributed by atoms with E-state index in [0.717, 1.165) is 25.7 Å². The van der Waals surface area contributed by atoms with Crippen LogP contribution >= 0.6 is 0 Å². The second-order valence-electron chi connectivity index (χ2n) is 17.6. The molecule has 4 heteroatoms. The van der Waals surface area contributed by atoms with Gasteiger partial charge in [0.15, 0.2) is 0 Å². The quantitative estimate of drug-likeness (QED) is 0.0378. The van der Waals surface area contributed by atoms with Crippen molar-refractivity contribution in [3.63, 3.8) is 0 Å². The fourth-order valence-electron chi connectivity index (χ4n) is 7.89. The Labute approximate surface area is 358 Å². The Balaban J connectivity index is 3.36. The van der Waals surface area contributed by atoms with Crippen LogP contribution in [0.5, 0.6) is 0 Å². The van der Waals surface area contributed by atoms with Gasteiger partial charge in [0, 0.05) is 13.0 Å². The van der Waals surface area contributed by atoms with Gasteiger partial charge in [0.25, 0.3) is 0 Å². The Hall–Kier alpha value is -1.13. The van der Waals surface area contributed by atoms with E-state index in [0.29, 0.717) is 19.6 Å². The van der Waals surface area contributed by atoms with E-state index in [1.807, 2.05) is 0 Å². The summed E-state index contributed by atoms with van der Waals surface area (Å²) in [5.74, 6) is -0.196. The van der Waals surface area contributed by atoms with Gasteiger partial charge in [-0.2, -0.15) is 0 Å². The highest BCUT2D eigenvalue weighted by Crippen LogP contribution is 2.16. The SMILES string of the molecule is CCCCCCC/C=C\C/C=C\CCCCCCCCCCCCCC(=O)OC(CO)COCCCCCCCCCCCCCCCCCCCCCCCC. The molecule has 1 atom stereocenters. The van der Waals surface area contributed by atoms with Crippen LogP contribution in [0.1, 0.15) is 284 Å². The molecule has 0 spiro atoms. The number of carbonyl (C=O) groups is 1. The van der Waals surface area contributed by atoms with E-state index in [4.69, 9.17) is 9.47 Å². The van der Waals surface area contributed by atoms with Crippen molar-refractivity contribution < 1.29 is 19.4 Å². The number of ether oxygens (including phenoxy) is 2. The molecule has 0 aromatic rings. The van der Waals surface area contributed by atoms with Crippen LogP contribution in [0.3, 0.4) is 0 Å². The highest BCUT2D eigenvalue weighted by atomic mass is 16.6. The Kier molecular flexibility index (Phi) is 50.0. The summed E-state index contributed by atoms with van der Waals surface area (Å²) in [6.07, 6.45) is 64.2. The van der Waals surface area contributed by atoms with Gasteiger partial charge < -0.3 is 14.6 Å². The fraction of sp³-hybridized carbons (Fsp3) is 0.906. The molecule has 0 radical (unpaired) electrons. The van der Waals surface area contributed by atoms with E-state index in [1.165, 1.54) is 238 Å². The first kappa shape index (κ1) is 55.9. The summed E-state index contributed by atoms with van der Waals surface area (Å²) in [5, 5.41) is 9.65. The van der Waals surface area contributed by atoms with Crippen molar-refractivity contribution in [3.8, 4) is 0 Å². The second-order valence-corrected chi connectivity index (χ2v) is 17.6. The van der Waals surface area contributed by atoms with Crippen LogP contribution in [0.15, 0.2) is 24.3 Å². The first-order valence-electron chi connectivity index (χ1n) is 25.9. The number of hydrogen-bond donors (Lipinski definition) is 1. The molecule has 0 rings (SSSR count). The van der Waals surface area contributed by atoms with Gasteiger partial charge in [0.1, 0.15) is 6.10 Å². The van der Waals surface area contributed by atoms with E-state index >= 15 is 0 Å². The molecular weight excluding hydrogens is 701 g/mol. The van der Waals surface area contributed by atoms with E-state index < -0.39 is 6.10 Å². The number of rotatable bonds is 49. The zero-order valence-corrected chi connectivity index (χ0v) is 38.9. The lowest BCUT2D eigenvalue weighted by molar-refractivity contribution is -0.154. The van der Waals surface area contributed by atoms with Gasteiger partial charge in [-0.25, -0.2) is 0 Å². The average molecular weight is 803 g/mol. The number of allylic oxidation sites excluding steroid dienone is 4. The van der Waals surface area contributed by atoms with Crippen molar-refractivity contribution >= 4 is 5.97 Å². The third-order valence-corrected chi connectivity index (χ3v) is 11.8. The summed E-state index contributed by atoms with van der Waals surface area (Å²) in [5.41, 5.74) is 0. The van der Waals surface area contributed by atoms with Crippen molar-refractivity contribution in [3.05, 3.63) is 24.3 Å². The van der Waals surface area contributed by atoms with Crippen molar-refractivity contribution in [1.82, 2.24) is 0 Å². The van der Waals surface area contributed by atoms with Crippen LogP contribution in [-0.4, -0.2) is 37.0 Å². The van der Waals surface area contributed by atoms with Crippen molar-refractivity contribution in [1.29, 1.82) is 0 Å². The maximum Gasteiger partial charge on any atom is 0.306 e. The zero-order valence-electron chi connectivity index (χ0n) is 38.9. The average Bonchev–Trinajstić information content (AvgIpc) is 3.22. The molecule has 1 N–H and O–H groups in total. The highest BCUT2D eigenvalue weighted by molar-refractivity contribution is 5.69. The number of unbranched alkanes of at least 4 members (excludes halogenated alkanes) is 37. The van der Waals surface area contributed by atoms with Gasteiger partial charge >= 0.3 is 5.97 Å². The van der Waals surface area contributed by atoms with Gasteiger partial charge in [0.2, 0.25) is 0 Å². The number of carbonyl (C=O) groups excluding carboxylic acids is 1. The topological polar surface area (TPSA) is 55.8 Å². The van der Waals surface area contributed by atoms with Crippen LogP contribution in [0.2, 0.25) is 0 Å². The third kappa shape index (κ3) is 49.1. The third-order valence-electron chi connectivity index (χ3n) is 11.8. The standard InChI is InChI=1S/C53H102O4/c1-3-5-7-9-11-13-15-17-19-21-23-25-27-28-30-32-34-36-38-40-42-44-46-48-53(55)57-52(50-54)51-56-49-47-45-43-41-39-37-35-33-31-29-26-24-22-20-18-16-14-12-10-8-6-4-2/h15,17,21,23,52,54H,3-14,16,18-20,22,24-51H2,1-2H3/b17-15-,23-21-. The minimum atomic E-state index is -0.532. The van der Waals surface area contributed by atoms with E-state index in [-0.39, 0.29) is 12.6 Å². The molecule has 0 aliphatic carbocycles. The molecule has 338 valence electrons. The van der Waals surface area contributed by atoms with Gasteiger partial charge in [-0.3, -0.25) is 4.79 Å². The lowest BCUT2D eigenvalue weighted by atomic mass is 10.0. The fourth-order valence-corrected chi connectivity index (χ4v) is 7.89. The number of hydrogen-bond acceptors (Lipinski definition) is 4. The molecule has 1 unspecified atom stereocenters. The number of esters is 1. The van der Waals surface area contributed by atoms with Crippen molar-refractivity contribution in [2.45, 2.75) is 290 Å². The first-order valence-corrected chi connectivity index (χ1v) is 25.9. The second kappa shape index (κ2) is 51.0. The Morgan fingerprint density at radius 1 is 0.421 bits per heavy atom. The minimum Gasteiger partial charge on any atom is -0.457 e. The largest absolute Gasteiger partial charge is 0.457 e. The molecule has 0 heterocycles. The summed E-state index contributed by atoms with van der Waals surface area (Å²) >= 11 is 0. The lowest BCUT2D eigenvalue weighted by Gasteiger charge is -2.16. The molecule has 0 aromatic carbocycles. The summed E-state index contributed by atoms with van der Waals surface area (Å²) in [6.45, 7) is 5.39. The highest BCUT2D eigenvalue weighted by Gasteiger charge is 2.13. The van der Waals surface area contributed by atoms with Crippen molar-refractivity contribution in [2.75, 3.05) is 19.8 Å². The van der Waals surface area contributed by atoms with Gasteiger partial charge in [-0.15, -0.1) is 0 Å². The molecule has 57 heavy (non-hydrogen) atoms. The van der Waals surface area contributed by atoms with Crippen LogP contribution in [0.4, 0.5) is 0 Å². The predicted molar refractivity (Wildman–Crippen MR) is 251 cm³/mol. The van der Waals surface area contributed by atoms with E-state index in [9.17, 15) is 9.90 Å². The van der Waals surface area contributed by atoms with Gasteiger partial charge in [0.05, 0.1) is 13.2 Å². The van der Waals surface area contributed by atoms with Crippen LogP contribution < -0.4 is 0 Å². The molecule has 0 fully saturated rings. The zero-order chi connectivity index (χ0) is 41.2. The first-order chi connectivity index (χ1) is 28.2. The molecule has 0 aliphatic rings. The number of aliphatic hydroxyl groups excluding tert-OH is 1. The molecule has 4 nitrogen and oxygen atoms in total. The van der Waals surface area contributed by atoms with E-state index in [1.54, 1.807) is 0 Å². The Morgan fingerprint density at radius 2 is 0.737 bits per heavy atom. The van der Waals surface area contributed by atoms with Gasteiger partial charge in [-0.05, 0) is 44.9 Å². The molecule has 0 amide bonds. The van der Waals surface area contributed by atoms with Crippen LogP contribution in [0, 0.1) is 0 Å². The molecule has 0 aromatic heterocycles. The van der Waals surface area contributed by atoms with Crippen LogP contribution in [-0.2, 0) is 14.3 Å². The van der Waals surface area contributed by atoms with Gasteiger partial charge in [-0.1, -0.05) is 256 Å². The van der Waals surface area contributed by atoms with Crippen molar-refractivity contribution in [2.24, 2.45) is 0 Å². The molecule has 0 saturated heterocycles. The normalized spacial score (nSPS) is 12.4. The summed E-state index contributed by atoms with van der Waals surface area (Å²) in [7, 11) is 0. The Morgan fingerprint density at radius 3 is 1.09 bits per heavy atom. The summed E-state index contributed by atoms with van der Waals surface area (Å²) in [4.78, 5) is 12.3. The maximum atomic E-state index is 12.3. The predicted octanol–water partition coefficient (Wildman–Crippen LogP) is 17.4. The Bertz CT molecular complexity index is 807. The summed E-state index contributed by atoms with van der Waals surface area (Å²) < 4.78 is 11.2. The minimum absolute atomic E-state index is 0.167. The smallest absolute Gasteiger partial charge is 0.306 e. The number of aliphatic hydroxyl groups is 1. The van der Waals surface area contributed by atoms with Crippen LogP contribution in [0.25, 0.3) is 0 Å². The molecule has 0 bridgehead atoms. The van der Waals surface area contributed by atoms with E-state index in [2.05, 4.69) is 38.2 Å².